The van der Waals surface area contributed by atoms with Gasteiger partial charge >= 0.3 is 5.97 Å². The molecule has 2 bridgehead atoms. The predicted molar refractivity (Wildman–Crippen MR) is 125 cm³/mol. The number of fused-ring (bicyclic) bond motifs is 1. The second-order valence-corrected chi connectivity index (χ2v) is 10.7. The van der Waals surface area contributed by atoms with Crippen LogP contribution in [0.15, 0.2) is 25.3 Å². The van der Waals surface area contributed by atoms with Crippen LogP contribution < -0.4 is 0 Å². The molecule has 0 radical (unpaired) electrons. The molecule has 1 N–H and O–H groups in total. The first-order chi connectivity index (χ1) is 15.3. The topological polar surface area (TPSA) is 87.2 Å². The molecule has 3 aliphatic rings. The molecule has 3 heterocycles. The van der Waals surface area contributed by atoms with E-state index in [0.717, 1.165) is 19.3 Å². The number of carbonyl (C=O) groups is 3. The van der Waals surface area contributed by atoms with Gasteiger partial charge in [-0.2, -0.15) is 0 Å². The lowest BCUT2D eigenvalue weighted by Crippen LogP contribution is -2.56. The first-order valence-corrected chi connectivity index (χ1v) is 12.5. The fraction of sp³-hybridized carbons (Fsp3) is 0.708. The van der Waals surface area contributed by atoms with Gasteiger partial charge in [-0.25, -0.2) is 0 Å². The second-order valence-electron chi connectivity index (χ2n) is 9.14. The van der Waals surface area contributed by atoms with Crippen LogP contribution in [-0.2, 0) is 19.1 Å². The van der Waals surface area contributed by atoms with Crippen molar-refractivity contribution in [2.45, 2.75) is 68.0 Å². The molecular formula is C24H36N2O5S. The van der Waals surface area contributed by atoms with Crippen LogP contribution in [-0.4, -0.2) is 81.1 Å². The van der Waals surface area contributed by atoms with Gasteiger partial charge in [-0.3, -0.25) is 14.4 Å². The molecule has 178 valence electrons. The minimum Gasteiger partial charge on any atom is -0.465 e. The zero-order valence-corrected chi connectivity index (χ0v) is 20.0. The zero-order chi connectivity index (χ0) is 23.5. The van der Waals surface area contributed by atoms with E-state index in [4.69, 9.17) is 4.74 Å². The van der Waals surface area contributed by atoms with Crippen LogP contribution in [0.2, 0.25) is 0 Å². The SMILES string of the molecule is C=CCCCOC(=O)[C@@H]1[C@@H]2CCC3(S2)C(C(=O)N(CC=C)C(C)C)N(CCCO)C(=O)[C@H]13. The molecule has 2 unspecified atom stereocenters. The van der Waals surface area contributed by atoms with Gasteiger partial charge in [0, 0.05) is 31.0 Å². The molecule has 3 aliphatic heterocycles. The number of unbranched alkanes of at least 4 members (excludes halogenated alkanes) is 1. The van der Waals surface area contributed by atoms with E-state index in [9.17, 15) is 19.5 Å². The largest absolute Gasteiger partial charge is 0.465 e. The Bertz CT molecular complexity index is 757. The molecule has 0 aromatic carbocycles. The van der Waals surface area contributed by atoms with Crippen LogP contribution in [0.5, 0.6) is 0 Å². The van der Waals surface area contributed by atoms with E-state index in [1.807, 2.05) is 13.8 Å². The highest BCUT2D eigenvalue weighted by atomic mass is 32.2. The van der Waals surface area contributed by atoms with E-state index >= 15 is 0 Å². The summed E-state index contributed by atoms with van der Waals surface area (Å²) in [6, 6.07) is -0.678. The van der Waals surface area contributed by atoms with E-state index in [1.165, 1.54) is 0 Å². The number of amides is 2. The van der Waals surface area contributed by atoms with Crippen molar-refractivity contribution in [1.29, 1.82) is 0 Å². The summed E-state index contributed by atoms with van der Waals surface area (Å²) < 4.78 is 4.93. The van der Waals surface area contributed by atoms with Crippen molar-refractivity contribution in [3.63, 3.8) is 0 Å². The number of esters is 1. The van der Waals surface area contributed by atoms with E-state index in [0.29, 0.717) is 32.5 Å². The Morgan fingerprint density at radius 3 is 2.72 bits per heavy atom. The van der Waals surface area contributed by atoms with Crippen molar-refractivity contribution in [3.8, 4) is 0 Å². The van der Waals surface area contributed by atoms with Crippen LogP contribution in [0.4, 0.5) is 0 Å². The highest BCUT2D eigenvalue weighted by Crippen LogP contribution is 2.66. The molecular weight excluding hydrogens is 428 g/mol. The second kappa shape index (κ2) is 10.4. The molecule has 3 fully saturated rings. The molecule has 5 atom stereocenters. The van der Waals surface area contributed by atoms with Crippen molar-refractivity contribution in [2.24, 2.45) is 11.8 Å². The van der Waals surface area contributed by atoms with Crippen LogP contribution in [0.3, 0.4) is 0 Å². The Morgan fingerprint density at radius 1 is 1.34 bits per heavy atom. The van der Waals surface area contributed by atoms with Crippen molar-refractivity contribution >= 4 is 29.5 Å². The molecule has 7 nitrogen and oxygen atoms in total. The first kappa shape index (κ1) is 24.8. The van der Waals surface area contributed by atoms with Gasteiger partial charge in [0.15, 0.2) is 0 Å². The normalized spacial score (nSPS) is 30.5. The summed E-state index contributed by atoms with van der Waals surface area (Å²) in [5, 5.41) is 9.40. The minimum atomic E-state index is -0.637. The lowest BCUT2D eigenvalue weighted by Gasteiger charge is -2.38. The Kier molecular flexibility index (Phi) is 8.09. The molecule has 32 heavy (non-hydrogen) atoms. The summed E-state index contributed by atoms with van der Waals surface area (Å²) in [7, 11) is 0. The Morgan fingerprint density at radius 2 is 2.09 bits per heavy atom. The molecule has 0 aliphatic carbocycles. The third kappa shape index (κ3) is 4.23. The molecule has 2 amide bonds. The summed E-state index contributed by atoms with van der Waals surface area (Å²) in [6.07, 6.45) is 6.87. The maximum atomic E-state index is 13.8. The Labute approximate surface area is 195 Å². The molecule has 0 aromatic heterocycles. The fourth-order valence-electron chi connectivity index (χ4n) is 5.53. The third-order valence-electron chi connectivity index (χ3n) is 6.89. The summed E-state index contributed by atoms with van der Waals surface area (Å²) in [5.41, 5.74) is 0. The smallest absolute Gasteiger partial charge is 0.310 e. The number of ether oxygens (including phenoxy) is 1. The van der Waals surface area contributed by atoms with Crippen molar-refractivity contribution in [3.05, 3.63) is 25.3 Å². The van der Waals surface area contributed by atoms with E-state index in [1.54, 1.807) is 33.7 Å². The minimum absolute atomic E-state index is 0.00181. The lowest BCUT2D eigenvalue weighted by molar-refractivity contribution is -0.154. The molecule has 3 saturated heterocycles. The summed E-state index contributed by atoms with van der Waals surface area (Å²) in [4.78, 5) is 43.9. The van der Waals surface area contributed by atoms with Gasteiger partial charge in [0.2, 0.25) is 11.8 Å². The maximum absolute atomic E-state index is 13.8. The van der Waals surface area contributed by atoms with Crippen molar-refractivity contribution in [1.82, 2.24) is 9.80 Å². The Hall–Kier alpha value is -1.80. The van der Waals surface area contributed by atoms with Crippen molar-refractivity contribution < 1.29 is 24.2 Å². The van der Waals surface area contributed by atoms with Gasteiger partial charge in [-0.1, -0.05) is 12.2 Å². The Balaban J connectivity index is 1.92. The number of carbonyl (C=O) groups excluding carboxylic acids is 3. The number of hydrogen-bond acceptors (Lipinski definition) is 6. The average molecular weight is 465 g/mol. The number of aliphatic hydroxyl groups is 1. The number of rotatable bonds is 12. The number of thioether (sulfide) groups is 1. The van der Waals surface area contributed by atoms with Gasteiger partial charge in [0.05, 0.1) is 23.2 Å². The van der Waals surface area contributed by atoms with Gasteiger partial charge in [0.1, 0.15) is 6.04 Å². The third-order valence-corrected chi connectivity index (χ3v) is 8.84. The molecule has 8 heteroatoms. The van der Waals surface area contributed by atoms with Gasteiger partial charge in [0.25, 0.3) is 0 Å². The number of allylic oxidation sites excluding steroid dienone is 1. The van der Waals surface area contributed by atoms with Crippen molar-refractivity contribution in [2.75, 3.05) is 26.3 Å². The summed E-state index contributed by atoms with van der Waals surface area (Å²) >= 11 is 1.64. The molecule has 3 rings (SSSR count). The molecule has 0 saturated carbocycles. The standard InChI is InChI=1S/C24H36N2O5S/c1-5-7-8-15-31-23(30)18-17-10-11-24(32-17)19(18)21(28)26(13-9-14-27)20(24)22(29)25(12-6-2)16(3)4/h5-6,16-20,27H,1-2,7-15H2,3-4H3/t17-,18+,19-,20?,24?/m0/s1. The summed E-state index contributed by atoms with van der Waals surface area (Å²) in [5.74, 6) is -1.65. The van der Waals surface area contributed by atoms with Crippen LogP contribution >= 0.6 is 11.8 Å². The van der Waals surface area contributed by atoms with Crippen LogP contribution in [0.25, 0.3) is 0 Å². The number of likely N-dealkylation sites (tertiary alicyclic amines) is 1. The molecule has 0 aromatic rings. The maximum Gasteiger partial charge on any atom is 0.310 e. The lowest BCUT2D eigenvalue weighted by atomic mass is 9.71. The van der Waals surface area contributed by atoms with E-state index in [-0.39, 0.29) is 35.7 Å². The number of aliphatic hydroxyl groups excluding tert-OH is 1. The predicted octanol–water partition coefficient (Wildman–Crippen LogP) is 2.39. The number of hydrogen-bond donors (Lipinski definition) is 1. The average Bonchev–Trinajstić information content (AvgIpc) is 3.40. The highest BCUT2D eigenvalue weighted by molar-refractivity contribution is 8.02. The quantitative estimate of drug-likeness (QED) is 0.271. The monoisotopic (exact) mass is 464 g/mol. The highest BCUT2D eigenvalue weighted by Gasteiger charge is 2.74. The van der Waals surface area contributed by atoms with Gasteiger partial charge in [-0.05, 0) is 46.0 Å². The van der Waals surface area contributed by atoms with Gasteiger partial charge in [-0.15, -0.1) is 24.9 Å². The molecule has 1 spiro atoms. The fourth-order valence-corrected chi connectivity index (χ4v) is 7.73. The summed E-state index contributed by atoms with van der Waals surface area (Å²) in [6.45, 7) is 12.3. The van der Waals surface area contributed by atoms with Gasteiger partial charge < -0.3 is 19.6 Å². The number of nitrogens with zero attached hydrogens (tertiary/aromatic N) is 2. The zero-order valence-electron chi connectivity index (χ0n) is 19.2. The van der Waals surface area contributed by atoms with Crippen LogP contribution in [0, 0.1) is 11.8 Å². The first-order valence-electron chi connectivity index (χ1n) is 11.6. The van der Waals surface area contributed by atoms with E-state index < -0.39 is 22.6 Å². The van der Waals surface area contributed by atoms with E-state index in [2.05, 4.69) is 13.2 Å². The van der Waals surface area contributed by atoms with Crippen LogP contribution in [0.1, 0.15) is 46.0 Å².